The minimum absolute atomic E-state index is 0.0861. The van der Waals surface area contributed by atoms with Crippen molar-refractivity contribution in [1.82, 2.24) is 4.90 Å². The zero-order valence-corrected chi connectivity index (χ0v) is 16.3. The Hall–Kier alpha value is -2.26. The number of nitrogens with one attached hydrogen (secondary N) is 1. The van der Waals surface area contributed by atoms with E-state index in [0.717, 1.165) is 6.07 Å². The van der Waals surface area contributed by atoms with Gasteiger partial charge in [0.2, 0.25) is 0 Å². The van der Waals surface area contributed by atoms with Gasteiger partial charge in [-0.1, -0.05) is 12.1 Å². The Labute approximate surface area is 159 Å². The maximum atomic E-state index is 13.4. The Balaban J connectivity index is 1.88. The lowest BCUT2D eigenvalue weighted by atomic mass is 10.1. The van der Waals surface area contributed by atoms with Gasteiger partial charge in [0.1, 0.15) is 5.82 Å². The van der Waals surface area contributed by atoms with Gasteiger partial charge in [-0.25, -0.2) is 12.8 Å². The maximum Gasteiger partial charge on any atom is 0.261 e. The van der Waals surface area contributed by atoms with Gasteiger partial charge in [0.05, 0.1) is 16.1 Å². The SMILES string of the molecule is Cc1cc(S(=O)(=O)Nc2ccccc2C(=O)N2CCS(=O)CC2)ccc1F. The molecule has 9 heteroatoms. The predicted octanol–water partition coefficient (Wildman–Crippen LogP) is 2.14. The van der Waals surface area contributed by atoms with Crippen LogP contribution >= 0.6 is 0 Å². The molecule has 0 aromatic heterocycles. The molecule has 0 radical (unpaired) electrons. The predicted molar refractivity (Wildman–Crippen MR) is 102 cm³/mol. The van der Waals surface area contributed by atoms with Gasteiger partial charge in [-0.2, -0.15) is 0 Å². The Morgan fingerprint density at radius 2 is 1.81 bits per heavy atom. The van der Waals surface area contributed by atoms with Crippen LogP contribution in [0, 0.1) is 12.7 Å². The number of hydrogen-bond donors (Lipinski definition) is 1. The van der Waals surface area contributed by atoms with Crippen molar-refractivity contribution < 1.29 is 21.8 Å². The van der Waals surface area contributed by atoms with E-state index < -0.39 is 26.6 Å². The van der Waals surface area contributed by atoms with Crippen LogP contribution in [0.3, 0.4) is 0 Å². The molecule has 0 atom stereocenters. The van der Waals surface area contributed by atoms with Crippen LogP contribution in [0.1, 0.15) is 15.9 Å². The van der Waals surface area contributed by atoms with Crippen molar-refractivity contribution in [3.8, 4) is 0 Å². The van der Waals surface area contributed by atoms with E-state index in [1.807, 2.05) is 0 Å². The molecule has 2 aromatic rings. The lowest BCUT2D eigenvalue weighted by Crippen LogP contribution is -2.42. The van der Waals surface area contributed by atoms with Crippen molar-refractivity contribution >= 4 is 32.4 Å². The smallest absolute Gasteiger partial charge is 0.261 e. The van der Waals surface area contributed by atoms with Gasteiger partial charge < -0.3 is 4.90 Å². The van der Waals surface area contributed by atoms with E-state index in [4.69, 9.17) is 0 Å². The van der Waals surface area contributed by atoms with Crippen LogP contribution in [0.5, 0.6) is 0 Å². The van der Waals surface area contributed by atoms with Crippen molar-refractivity contribution in [1.29, 1.82) is 0 Å². The number of amides is 1. The quantitative estimate of drug-likeness (QED) is 0.837. The lowest BCUT2D eigenvalue weighted by molar-refractivity contribution is 0.0772. The molecule has 6 nitrogen and oxygen atoms in total. The summed E-state index contributed by atoms with van der Waals surface area (Å²) in [6.07, 6.45) is 0. The van der Waals surface area contributed by atoms with Gasteiger partial charge in [0.15, 0.2) is 0 Å². The molecule has 1 amide bonds. The highest BCUT2D eigenvalue weighted by molar-refractivity contribution is 7.92. The average molecular weight is 410 g/mol. The molecule has 1 N–H and O–H groups in total. The molecular formula is C18H19FN2O4S2. The molecule has 1 heterocycles. The van der Waals surface area contributed by atoms with E-state index in [1.165, 1.54) is 25.1 Å². The van der Waals surface area contributed by atoms with Gasteiger partial charge in [0, 0.05) is 35.4 Å². The van der Waals surface area contributed by atoms with Crippen molar-refractivity contribution in [3.05, 3.63) is 59.4 Å². The van der Waals surface area contributed by atoms with E-state index in [0.29, 0.717) is 24.6 Å². The third kappa shape index (κ3) is 4.36. The second kappa shape index (κ2) is 7.77. The fourth-order valence-corrected chi connectivity index (χ4v) is 4.97. The normalized spacial score (nSPS) is 15.6. The van der Waals surface area contributed by atoms with Crippen LogP contribution < -0.4 is 4.72 Å². The van der Waals surface area contributed by atoms with E-state index >= 15 is 0 Å². The number of carbonyl (C=O) groups excluding carboxylic acids is 1. The van der Waals surface area contributed by atoms with Crippen LogP contribution in [0.25, 0.3) is 0 Å². The highest BCUT2D eigenvalue weighted by Gasteiger charge is 2.25. The fourth-order valence-electron chi connectivity index (χ4n) is 2.76. The number of halogens is 1. The molecule has 1 saturated heterocycles. The number of benzene rings is 2. The van der Waals surface area contributed by atoms with Crippen molar-refractivity contribution in [2.45, 2.75) is 11.8 Å². The highest BCUT2D eigenvalue weighted by Crippen LogP contribution is 2.23. The molecule has 1 aliphatic heterocycles. The first-order valence-corrected chi connectivity index (χ1v) is 11.3. The van der Waals surface area contributed by atoms with Crippen molar-refractivity contribution in [3.63, 3.8) is 0 Å². The molecule has 0 saturated carbocycles. The van der Waals surface area contributed by atoms with E-state index in [-0.39, 0.29) is 27.6 Å². The van der Waals surface area contributed by atoms with Gasteiger partial charge in [-0.3, -0.25) is 13.7 Å². The number of hydrogen-bond acceptors (Lipinski definition) is 4. The van der Waals surface area contributed by atoms with Crippen LogP contribution in [0.2, 0.25) is 0 Å². The third-order valence-corrected chi connectivity index (χ3v) is 6.95. The molecular weight excluding hydrogens is 391 g/mol. The van der Waals surface area contributed by atoms with Gasteiger partial charge in [0.25, 0.3) is 15.9 Å². The maximum absolute atomic E-state index is 13.4. The molecule has 0 aliphatic carbocycles. The van der Waals surface area contributed by atoms with E-state index in [9.17, 15) is 21.8 Å². The van der Waals surface area contributed by atoms with Crippen LogP contribution in [0.15, 0.2) is 47.4 Å². The monoisotopic (exact) mass is 410 g/mol. The zero-order valence-electron chi connectivity index (χ0n) is 14.6. The van der Waals surface area contributed by atoms with E-state index in [1.54, 1.807) is 23.1 Å². The summed E-state index contributed by atoms with van der Waals surface area (Å²) >= 11 is 0. The highest BCUT2D eigenvalue weighted by atomic mass is 32.2. The minimum atomic E-state index is -3.98. The number of sulfonamides is 1. The first kappa shape index (κ1) is 19.5. The van der Waals surface area contributed by atoms with Crippen LogP contribution in [0.4, 0.5) is 10.1 Å². The molecule has 1 aliphatic rings. The Morgan fingerprint density at radius 1 is 1.15 bits per heavy atom. The summed E-state index contributed by atoms with van der Waals surface area (Å²) in [4.78, 5) is 14.3. The van der Waals surface area contributed by atoms with Crippen molar-refractivity contribution in [2.75, 3.05) is 29.3 Å². The molecule has 27 heavy (non-hydrogen) atoms. The summed E-state index contributed by atoms with van der Waals surface area (Å²) in [6.45, 7) is 2.21. The van der Waals surface area contributed by atoms with Crippen molar-refractivity contribution in [2.24, 2.45) is 0 Å². The van der Waals surface area contributed by atoms with Gasteiger partial charge >= 0.3 is 0 Å². The number of rotatable bonds is 4. The fraction of sp³-hybridized carbons (Fsp3) is 0.278. The average Bonchev–Trinajstić information content (AvgIpc) is 2.64. The van der Waals surface area contributed by atoms with E-state index in [2.05, 4.69) is 4.72 Å². The van der Waals surface area contributed by atoms with Crippen LogP contribution in [-0.2, 0) is 20.8 Å². The number of carbonyl (C=O) groups is 1. The number of anilines is 1. The zero-order chi connectivity index (χ0) is 19.6. The standard InChI is InChI=1S/C18H19FN2O4S2/c1-13-12-14(6-7-16(13)19)27(24,25)20-17-5-3-2-4-15(17)18(22)21-8-10-26(23)11-9-21/h2-7,12,20H,8-11H2,1H3. The third-order valence-electron chi connectivity index (χ3n) is 4.31. The Kier molecular flexibility index (Phi) is 5.61. The second-order valence-corrected chi connectivity index (χ2v) is 9.58. The first-order valence-electron chi connectivity index (χ1n) is 8.30. The number of nitrogens with zero attached hydrogens (tertiary/aromatic N) is 1. The number of para-hydroxylation sites is 1. The molecule has 0 spiro atoms. The minimum Gasteiger partial charge on any atom is -0.337 e. The summed E-state index contributed by atoms with van der Waals surface area (Å²) < 4.78 is 52.7. The first-order chi connectivity index (χ1) is 12.8. The summed E-state index contributed by atoms with van der Waals surface area (Å²) in [5.74, 6) is 0.00972. The summed E-state index contributed by atoms with van der Waals surface area (Å²) in [7, 11) is -4.90. The molecule has 144 valence electrons. The van der Waals surface area contributed by atoms with Gasteiger partial charge in [-0.15, -0.1) is 0 Å². The van der Waals surface area contributed by atoms with Crippen LogP contribution in [-0.4, -0.2) is 48.0 Å². The molecule has 1 fully saturated rings. The molecule has 0 bridgehead atoms. The van der Waals surface area contributed by atoms with Gasteiger partial charge in [-0.05, 0) is 42.8 Å². The summed E-state index contributed by atoms with van der Waals surface area (Å²) in [5, 5.41) is 0. The molecule has 0 unspecified atom stereocenters. The lowest BCUT2D eigenvalue weighted by Gasteiger charge is -2.27. The largest absolute Gasteiger partial charge is 0.337 e. The molecule has 2 aromatic carbocycles. The Morgan fingerprint density at radius 3 is 2.48 bits per heavy atom. The topological polar surface area (TPSA) is 83.6 Å². The number of aryl methyl sites for hydroxylation is 1. The molecule has 3 rings (SSSR count). The second-order valence-electron chi connectivity index (χ2n) is 6.20. The summed E-state index contributed by atoms with van der Waals surface area (Å²) in [5.41, 5.74) is 0.576. The summed E-state index contributed by atoms with van der Waals surface area (Å²) in [6, 6.07) is 9.82. The Bertz CT molecular complexity index is 998.